The molecule has 3 heterocycles. The Morgan fingerprint density at radius 3 is 2.75 bits per heavy atom. The summed E-state index contributed by atoms with van der Waals surface area (Å²) < 4.78 is 5.51. The number of benzene rings is 1. The molecular weight excluding hydrogens is 358 g/mol. The zero-order chi connectivity index (χ0) is 19.5. The van der Waals surface area contributed by atoms with Gasteiger partial charge in [-0.15, -0.1) is 0 Å². The second-order valence-electron chi connectivity index (χ2n) is 7.50. The molecule has 0 radical (unpaired) electrons. The van der Waals surface area contributed by atoms with Gasteiger partial charge in [-0.25, -0.2) is 9.97 Å². The number of hydrogen-bond donors (Lipinski definition) is 1. The van der Waals surface area contributed by atoms with Gasteiger partial charge in [-0.1, -0.05) is 12.1 Å². The Hall–Kier alpha value is -2.58. The monoisotopic (exact) mass is 383 g/mol. The van der Waals surface area contributed by atoms with Gasteiger partial charge < -0.3 is 10.1 Å². The van der Waals surface area contributed by atoms with Crippen LogP contribution in [0.5, 0.6) is 0 Å². The summed E-state index contributed by atoms with van der Waals surface area (Å²) in [6.07, 6.45) is 3.26. The summed E-state index contributed by atoms with van der Waals surface area (Å²) >= 11 is 0. The maximum Gasteiger partial charge on any atom is 0.270 e. The van der Waals surface area contributed by atoms with Crippen LogP contribution < -0.4 is 5.32 Å². The molecule has 28 heavy (non-hydrogen) atoms. The van der Waals surface area contributed by atoms with Gasteiger partial charge in [0.25, 0.3) is 5.69 Å². The van der Waals surface area contributed by atoms with Gasteiger partial charge in [0.1, 0.15) is 5.82 Å². The molecule has 1 N–H and O–H groups in total. The Morgan fingerprint density at radius 2 is 2.04 bits per heavy atom. The average molecular weight is 383 g/mol. The molecule has 2 fully saturated rings. The van der Waals surface area contributed by atoms with E-state index in [0.717, 1.165) is 57.1 Å². The quantitative estimate of drug-likeness (QED) is 0.626. The Kier molecular flexibility index (Phi) is 5.50. The molecule has 1 aromatic carbocycles. The van der Waals surface area contributed by atoms with Crippen LogP contribution in [0.4, 0.5) is 11.5 Å². The van der Waals surface area contributed by atoms with Crippen molar-refractivity contribution in [3.8, 4) is 11.4 Å². The standard InChI is InChI=1S/C20H25N5O3/c1-14-11-19(22-16-5-8-24(9-6-16)18-7-10-28-13-18)23-20(21-14)15-3-2-4-17(12-15)25(26)27/h2-4,11-12,16,18H,5-10,13H2,1H3,(H,21,22,23)/t18-/m1/s1. The summed E-state index contributed by atoms with van der Waals surface area (Å²) in [5.74, 6) is 1.28. The number of aromatic nitrogens is 2. The molecule has 1 aromatic heterocycles. The van der Waals surface area contributed by atoms with Crippen LogP contribution >= 0.6 is 0 Å². The molecule has 8 heteroatoms. The number of nitrogens with zero attached hydrogens (tertiary/aromatic N) is 4. The molecule has 4 rings (SSSR count). The first-order valence-corrected chi connectivity index (χ1v) is 9.77. The highest BCUT2D eigenvalue weighted by molar-refractivity contribution is 5.61. The molecule has 1 atom stereocenters. The van der Waals surface area contributed by atoms with E-state index in [1.807, 2.05) is 13.0 Å². The molecule has 2 saturated heterocycles. The lowest BCUT2D eigenvalue weighted by molar-refractivity contribution is -0.384. The molecule has 0 saturated carbocycles. The van der Waals surface area contributed by atoms with Gasteiger partial charge in [-0.2, -0.15) is 0 Å². The van der Waals surface area contributed by atoms with E-state index in [1.54, 1.807) is 12.1 Å². The van der Waals surface area contributed by atoms with E-state index >= 15 is 0 Å². The van der Waals surface area contributed by atoms with Crippen LogP contribution in [0.2, 0.25) is 0 Å². The number of hydrogen-bond acceptors (Lipinski definition) is 7. The number of rotatable bonds is 5. The van der Waals surface area contributed by atoms with E-state index in [2.05, 4.69) is 20.2 Å². The van der Waals surface area contributed by atoms with Gasteiger partial charge in [0, 0.05) is 61.2 Å². The maximum atomic E-state index is 11.0. The summed E-state index contributed by atoms with van der Waals surface area (Å²) in [4.78, 5) is 22.3. The third-order valence-electron chi connectivity index (χ3n) is 5.47. The minimum absolute atomic E-state index is 0.0420. The summed E-state index contributed by atoms with van der Waals surface area (Å²) in [5.41, 5.74) is 1.52. The third kappa shape index (κ3) is 4.28. The zero-order valence-corrected chi connectivity index (χ0v) is 16.0. The number of ether oxygens (including phenoxy) is 1. The molecule has 0 amide bonds. The van der Waals surface area contributed by atoms with Crippen LogP contribution in [-0.4, -0.2) is 58.2 Å². The fraction of sp³-hybridized carbons (Fsp3) is 0.500. The summed E-state index contributed by atoms with van der Waals surface area (Å²) in [6.45, 7) is 5.77. The SMILES string of the molecule is Cc1cc(NC2CCN([C@@H]3CCOC3)CC2)nc(-c2cccc([N+](=O)[O-])c2)n1. The highest BCUT2D eigenvalue weighted by atomic mass is 16.6. The first-order chi connectivity index (χ1) is 13.6. The van der Waals surface area contributed by atoms with Crippen molar-refractivity contribution in [1.82, 2.24) is 14.9 Å². The molecule has 0 aliphatic carbocycles. The number of nitro benzene ring substituents is 1. The van der Waals surface area contributed by atoms with E-state index in [-0.39, 0.29) is 5.69 Å². The van der Waals surface area contributed by atoms with E-state index in [1.165, 1.54) is 12.1 Å². The van der Waals surface area contributed by atoms with E-state index in [9.17, 15) is 10.1 Å². The molecular formula is C20H25N5O3. The van der Waals surface area contributed by atoms with E-state index < -0.39 is 4.92 Å². The second kappa shape index (κ2) is 8.20. The average Bonchev–Trinajstić information content (AvgIpc) is 3.23. The van der Waals surface area contributed by atoms with Crippen molar-refractivity contribution in [2.45, 2.75) is 38.3 Å². The Bertz CT molecular complexity index is 845. The zero-order valence-electron chi connectivity index (χ0n) is 16.0. The summed E-state index contributed by atoms with van der Waals surface area (Å²) in [5, 5.41) is 14.6. The normalized spacial score (nSPS) is 21.0. The topological polar surface area (TPSA) is 93.4 Å². The minimum Gasteiger partial charge on any atom is -0.380 e. The van der Waals surface area contributed by atoms with Gasteiger partial charge in [0.2, 0.25) is 0 Å². The number of aryl methyl sites for hydroxylation is 1. The molecule has 2 aromatic rings. The molecule has 2 aliphatic heterocycles. The summed E-state index contributed by atoms with van der Waals surface area (Å²) in [6, 6.07) is 9.32. The maximum absolute atomic E-state index is 11.0. The third-order valence-corrected chi connectivity index (χ3v) is 5.47. The largest absolute Gasteiger partial charge is 0.380 e. The Morgan fingerprint density at radius 1 is 1.21 bits per heavy atom. The first kappa shape index (κ1) is 18.8. The van der Waals surface area contributed by atoms with Crippen molar-refractivity contribution in [1.29, 1.82) is 0 Å². The van der Waals surface area contributed by atoms with Crippen molar-refractivity contribution < 1.29 is 9.66 Å². The smallest absolute Gasteiger partial charge is 0.270 e. The van der Waals surface area contributed by atoms with Gasteiger partial charge in [0.15, 0.2) is 5.82 Å². The van der Waals surface area contributed by atoms with Gasteiger partial charge >= 0.3 is 0 Å². The fourth-order valence-corrected chi connectivity index (χ4v) is 3.96. The highest BCUT2D eigenvalue weighted by Gasteiger charge is 2.27. The molecule has 8 nitrogen and oxygen atoms in total. The van der Waals surface area contributed by atoms with Crippen LogP contribution in [0.1, 0.15) is 25.0 Å². The van der Waals surface area contributed by atoms with Crippen molar-refractivity contribution in [3.05, 3.63) is 46.1 Å². The molecule has 0 unspecified atom stereocenters. The van der Waals surface area contributed by atoms with Crippen LogP contribution in [0.3, 0.4) is 0 Å². The number of non-ortho nitro benzene ring substituents is 1. The summed E-state index contributed by atoms with van der Waals surface area (Å²) in [7, 11) is 0. The molecule has 0 bridgehead atoms. The molecule has 148 valence electrons. The highest BCUT2D eigenvalue weighted by Crippen LogP contribution is 2.24. The molecule has 0 spiro atoms. The van der Waals surface area contributed by atoms with Crippen molar-refractivity contribution in [2.75, 3.05) is 31.6 Å². The lowest BCUT2D eigenvalue weighted by atomic mass is 10.0. The first-order valence-electron chi connectivity index (χ1n) is 9.77. The van der Waals surface area contributed by atoms with Crippen molar-refractivity contribution in [3.63, 3.8) is 0 Å². The number of anilines is 1. The van der Waals surface area contributed by atoms with Crippen LogP contribution in [-0.2, 0) is 4.74 Å². The number of nitro groups is 1. The van der Waals surface area contributed by atoms with Gasteiger partial charge in [-0.05, 0) is 26.2 Å². The number of nitrogens with one attached hydrogen (secondary N) is 1. The van der Waals surface area contributed by atoms with Crippen LogP contribution in [0.25, 0.3) is 11.4 Å². The molecule has 2 aliphatic rings. The predicted molar refractivity (Wildman–Crippen MR) is 106 cm³/mol. The number of likely N-dealkylation sites (tertiary alicyclic amines) is 1. The fourth-order valence-electron chi connectivity index (χ4n) is 3.96. The predicted octanol–water partition coefficient (Wildman–Crippen LogP) is 3.03. The van der Waals surface area contributed by atoms with Crippen LogP contribution in [0, 0.1) is 17.0 Å². The Labute approximate surface area is 164 Å². The number of piperidine rings is 1. The van der Waals surface area contributed by atoms with Crippen LogP contribution in [0.15, 0.2) is 30.3 Å². The van der Waals surface area contributed by atoms with Crippen molar-refractivity contribution >= 4 is 11.5 Å². The minimum atomic E-state index is -0.401. The lowest BCUT2D eigenvalue weighted by Crippen LogP contribution is -2.44. The Balaban J connectivity index is 1.44. The lowest BCUT2D eigenvalue weighted by Gasteiger charge is -2.35. The van der Waals surface area contributed by atoms with Gasteiger partial charge in [0.05, 0.1) is 11.5 Å². The van der Waals surface area contributed by atoms with E-state index in [4.69, 9.17) is 4.74 Å². The van der Waals surface area contributed by atoms with Gasteiger partial charge in [-0.3, -0.25) is 15.0 Å². The van der Waals surface area contributed by atoms with Crippen molar-refractivity contribution in [2.24, 2.45) is 0 Å². The van der Waals surface area contributed by atoms with E-state index in [0.29, 0.717) is 23.5 Å². The second-order valence-corrected chi connectivity index (χ2v) is 7.50.